The molecule has 0 unspecified atom stereocenters. The molecule has 0 aliphatic heterocycles. The topological polar surface area (TPSA) is 70.6 Å². The summed E-state index contributed by atoms with van der Waals surface area (Å²) in [6.07, 6.45) is -6.63. The maximum absolute atomic E-state index is 13.5. The highest BCUT2D eigenvalue weighted by atomic mass is 32.1. The number of benzene rings is 2. The Labute approximate surface area is 191 Å². The molecule has 0 aliphatic carbocycles. The predicted octanol–water partition coefficient (Wildman–Crippen LogP) is 5.83. The summed E-state index contributed by atoms with van der Waals surface area (Å²) in [5.74, 6) is -16.0. The van der Waals surface area contributed by atoms with E-state index in [1.165, 1.54) is 35.7 Å². The number of carbonyl (C=O) groups is 2. The Morgan fingerprint density at radius 2 is 1.62 bits per heavy atom. The first-order chi connectivity index (χ1) is 15.8. The first-order valence-corrected chi connectivity index (χ1v) is 10.2. The first kappa shape index (κ1) is 25.1. The van der Waals surface area contributed by atoms with Crippen LogP contribution in [0.3, 0.4) is 0 Å². The molecule has 3 rings (SSSR count). The van der Waals surface area contributed by atoms with Crippen molar-refractivity contribution in [2.75, 3.05) is 5.32 Å². The van der Waals surface area contributed by atoms with Crippen molar-refractivity contribution in [3.8, 4) is 0 Å². The van der Waals surface area contributed by atoms with Gasteiger partial charge in [0.1, 0.15) is 0 Å². The van der Waals surface area contributed by atoms with Gasteiger partial charge in [-0.2, -0.15) is 35.8 Å². The number of fused-ring (bicyclic) bond motifs is 1. The lowest BCUT2D eigenvalue weighted by Crippen LogP contribution is -2.57. The molecular weight excluding hydrogens is 491 g/mol. The quantitative estimate of drug-likeness (QED) is 0.252. The van der Waals surface area contributed by atoms with Crippen LogP contribution in [0.2, 0.25) is 0 Å². The van der Waals surface area contributed by atoms with Crippen LogP contribution in [0.1, 0.15) is 22.8 Å². The maximum Gasteiger partial charge on any atom is 0.460 e. The van der Waals surface area contributed by atoms with Gasteiger partial charge in [0.25, 0.3) is 5.91 Å². The summed E-state index contributed by atoms with van der Waals surface area (Å²) < 4.78 is 90.9. The lowest BCUT2D eigenvalue weighted by molar-refractivity contribution is -0.343. The Balaban J connectivity index is 1.75. The molecule has 1 heterocycles. The summed E-state index contributed by atoms with van der Waals surface area (Å²) in [5.41, 5.74) is 2.51. The van der Waals surface area contributed by atoms with Crippen molar-refractivity contribution >= 4 is 44.6 Å². The number of anilines is 1. The van der Waals surface area contributed by atoms with Gasteiger partial charge < -0.3 is 5.32 Å². The zero-order chi connectivity index (χ0) is 25.3. The van der Waals surface area contributed by atoms with E-state index in [4.69, 9.17) is 0 Å². The Morgan fingerprint density at radius 3 is 2.29 bits per heavy atom. The molecule has 0 radical (unpaired) electrons. The van der Waals surface area contributed by atoms with Gasteiger partial charge in [0, 0.05) is 21.2 Å². The fraction of sp³-hybridized carbons (Fsp3) is 0.190. The van der Waals surface area contributed by atoms with E-state index < -0.39 is 35.5 Å². The van der Waals surface area contributed by atoms with Crippen LogP contribution < -0.4 is 10.7 Å². The van der Waals surface area contributed by atoms with E-state index in [0.717, 1.165) is 16.8 Å². The minimum Gasteiger partial charge on any atom is -0.321 e. The fourth-order valence-corrected chi connectivity index (χ4v) is 3.71. The second-order valence-electron chi connectivity index (χ2n) is 6.97. The largest absolute Gasteiger partial charge is 0.460 e. The van der Waals surface area contributed by atoms with Gasteiger partial charge in [-0.3, -0.25) is 9.59 Å². The molecule has 1 aromatic heterocycles. The number of nitrogens with one attached hydrogen (secondary N) is 2. The molecule has 0 saturated heterocycles. The monoisotopic (exact) mass is 505 g/mol. The molecule has 0 spiro atoms. The third-order valence-corrected chi connectivity index (χ3v) is 5.59. The highest BCUT2D eigenvalue weighted by molar-refractivity contribution is 7.17. The van der Waals surface area contributed by atoms with Gasteiger partial charge in [-0.15, -0.1) is 11.3 Å². The second-order valence-corrected chi connectivity index (χ2v) is 7.88. The van der Waals surface area contributed by atoms with E-state index in [-0.39, 0.29) is 11.3 Å². The second kappa shape index (κ2) is 9.05. The number of hydrogen-bond donors (Lipinski definition) is 2. The van der Waals surface area contributed by atoms with Gasteiger partial charge in [0.15, 0.2) is 0 Å². The molecule has 0 fully saturated rings. The summed E-state index contributed by atoms with van der Waals surface area (Å²) in [4.78, 5) is 24.0. The molecule has 0 bridgehead atoms. The van der Waals surface area contributed by atoms with Gasteiger partial charge in [0.05, 0.1) is 11.3 Å². The number of rotatable bonds is 6. The zero-order valence-corrected chi connectivity index (χ0v) is 17.8. The van der Waals surface area contributed by atoms with Crippen LogP contribution in [0.4, 0.5) is 36.4 Å². The van der Waals surface area contributed by atoms with Crippen molar-refractivity contribution in [1.82, 2.24) is 5.43 Å². The molecular formula is C21H14F7N3O2S. The highest BCUT2D eigenvalue weighted by Crippen LogP contribution is 2.46. The fourth-order valence-electron chi connectivity index (χ4n) is 2.77. The lowest BCUT2D eigenvalue weighted by atomic mass is 10.1. The zero-order valence-electron chi connectivity index (χ0n) is 17.0. The van der Waals surface area contributed by atoms with Crippen molar-refractivity contribution in [3.63, 3.8) is 0 Å². The van der Waals surface area contributed by atoms with Gasteiger partial charge in [0.2, 0.25) is 0 Å². The normalized spacial score (nSPS) is 13.1. The Morgan fingerprint density at radius 1 is 0.941 bits per heavy atom. The number of thiophene rings is 1. The molecule has 34 heavy (non-hydrogen) atoms. The van der Waals surface area contributed by atoms with Crippen molar-refractivity contribution in [2.45, 2.75) is 24.9 Å². The number of hydrogen-bond acceptors (Lipinski definition) is 4. The van der Waals surface area contributed by atoms with Crippen LogP contribution >= 0.6 is 11.3 Å². The summed E-state index contributed by atoms with van der Waals surface area (Å²) in [5, 5.41) is 7.59. The van der Waals surface area contributed by atoms with Gasteiger partial charge in [-0.1, -0.05) is 30.3 Å². The van der Waals surface area contributed by atoms with Crippen LogP contribution in [0, 0.1) is 0 Å². The maximum atomic E-state index is 13.5. The summed E-state index contributed by atoms with van der Waals surface area (Å²) >= 11 is 1.35. The summed E-state index contributed by atoms with van der Waals surface area (Å²) in [7, 11) is 0. The van der Waals surface area contributed by atoms with E-state index in [1.54, 1.807) is 17.5 Å². The molecule has 13 heteroatoms. The minimum absolute atomic E-state index is 0.136. The van der Waals surface area contributed by atoms with Crippen LogP contribution in [0.15, 0.2) is 59.0 Å². The van der Waals surface area contributed by atoms with Crippen molar-refractivity contribution in [2.24, 2.45) is 5.10 Å². The predicted molar refractivity (Wildman–Crippen MR) is 113 cm³/mol. The number of alkyl halides is 7. The van der Waals surface area contributed by atoms with Crippen molar-refractivity contribution in [1.29, 1.82) is 0 Å². The van der Waals surface area contributed by atoms with Crippen LogP contribution in [0.5, 0.6) is 0 Å². The molecule has 180 valence electrons. The van der Waals surface area contributed by atoms with E-state index in [2.05, 4.69) is 10.5 Å². The highest BCUT2D eigenvalue weighted by Gasteiger charge is 2.76. The molecule has 2 N–H and O–H groups in total. The van der Waals surface area contributed by atoms with E-state index in [0.29, 0.717) is 10.9 Å². The van der Waals surface area contributed by atoms with Gasteiger partial charge in [-0.25, -0.2) is 5.43 Å². The average Bonchev–Trinajstić information content (AvgIpc) is 3.20. The first-order valence-electron chi connectivity index (χ1n) is 9.31. The number of halogens is 7. The van der Waals surface area contributed by atoms with E-state index >= 15 is 0 Å². The van der Waals surface area contributed by atoms with Crippen molar-refractivity contribution < 1.29 is 40.3 Å². The van der Waals surface area contributed by atoms with Crippen LogP contribution in [-0.2, 0) is 4.79 Å². The standard InChI is InChI=1S/C21H14F7N3O2S/c1-11(30-31-17(32)15-10-34-16-8-3-2-7-14(15)16)12-5-4-6-13(9-12)29-18(33)19(22,23)20(24,25)21(26,27)28/h2-10H,1H3,(H,29,33)(H,31,32)/b30-11+. The molecule has 2 aromatic carbocycles. The summed E-state index contributed by atoms with van der Waals surface area (Å²) in [6.45, 7) is 1.42. The Bertz CT molecular complexity index is 1270. The SMILES string of the molecule is C/C(=N\NC(=O)c1csc2ccccc12)c1cccc(NC(=O)C(F)(F)C(F)(F)C(F)(F)F)c1. The molecule has 5 nitrogen and oxygen atoms in total. The van der Waals surface area contributed by atoms with Crippen LogP contribution in [0.25, 0.3) is 10.1 Å². The molecule has 0 aliphatic rings. The lowest BCUT2D eigenvalue weighted by Gasteiger charge is -2.27. The Kier molecular flexibility index (Phi) is 6.69. The summed E-state index contributed by atoms with van der Waals surface area (Å²) in [6, 6.07) is 11.8. The Hall–Kier alpha value is -3.48. The van der Waals surface area contributed by atoms with Gasteiger partial charge in [-0.05, 0) is 30.7 Å². The van der Waals surface area contributed by atoms with Crippen molar-refractivity contribution in [3.05, 3.63) is 65.0 Å². The number of nitrogens with zero attached hydrogens (tertiary/aromatic N) is 1. The number of hydrazone groups is 1. The average molecular weight is 505 g/mol. The molecule has 0 atom stereocenters. The molecule has 0 saturated carbocycles. The molecule has 2 amide bonds. The van der Waals surface area contributed by atoms with Gasteiger partial charge >= 0.3 is 23.9 Å². The minimum atomic E-state index is -6.63. The third-order valence-electron chi connectivity index (χ3n) is 4.62. The van der Waals surface area contributed by atoms with E-state index in [9.17, 15) is 40.3 Å². The third kappa shape index (κ3) is 4.74. The van der Waals surface area contributed by atoms with Crippen LogP contribution in [-0.4, -0.2) is 35.5 Å². The number of amides is 2. The van der Waals surface area contributed by atoms with E-state index in [1.807, 2.05) is 12.1 Å². The number of carbonyl (C=O) groups excluding carboxylic acids is 2. The smallest absolute Gasteiger partial charge is 0.321 e. The molecule has 3 aromatic rings.